The smallest absolute Gasteiger partial charge is 0.271 e. The highest BCUT2D eigenvalue weighted by atomic mass is 19.3. The second-order valence-corrected chi connectivity index (χ2v) is 8.23. The summed E-state index contributed by atoms with van der Waals surface area (Å²) in [5.74, 6) is -4.22. The maximum absolute atomic E-state index is 14.7. The van der Waals surface area contributed by atoms with Crippen molar-refractivity contribution in [3.8, 4) is 22.5 Å². The Balaban J connectivity index is 1.58. The Labute approximate surface area is 196 Å². The Hall–Kier alpha value is -4.28. The van der Waals surface area contributed by atoms with Crippen molar-refractivity contribution in [2.45, 2.75) is 25.8 Å². The average molecular weight is 481 g/mol. The summed E-state index contributed by atoms with van der Waals surface area (Å²) in [6.07, 6.45) is 3.02. The van der Waals surface area contributed by atoms with Crippen molar-refractivity contribution >= 4 is 11.6 Å². The molecule has 1 aromatic carbocycles. The van der Waals surface area contributed by atoms with Gasteiger partial charge < -0.3 is 5.73 Å². The molecule has 7 nitrogen and oxygen atoms in total. The lowest BCUT2D eigenvalue weighted by Crippen LogP contribution is -2.29. The second-order valence-electron chi connectivity index (χ2n) is 8.23. The van der Waals surface area contributed by atoms with E-state index in [0.717, 1.165) is 23.7 Å². The zero-order valence-electron chi connectivity index (χ0n) is 18.6. The molecule has 5 aromatic rings. The molecule has 178 valence electrons. The first-order chi connectivity index (χ1) is 16.6. The summed E-state index contributed by atoms with van der Waals surface area (Å²) in [4.78, 5) is 8.53. The first-order valence-electron chi connectivity index (χ1n) is 10.6. The fraction of sp³-hybridized carbons (Fsp3) is 0.167. The van der Waals surface area contributed by atoms with E-state index in [1.807, 2.05) is 0 Å². The van der Waals surface area contributed by atoms with Gasteiger partial charge in [-0.1, -0.05) is 12.1 Å². The summed E-state index contributed by atoms with van der Waals surface area (Å²) in [6.45, 7) is 2.43. The Bertz CT molecular complexity index is 1530. The number of nitrogens with zero attached hydrogens (tertiary/aromatic N) is 6. The summed E-state index contributed by atoms with van der Waals surface area (Å²) in [5, 5.41) is 8.29. The van der Waals surface area contributed by atoms with E-state index in [-0.39, 0.29) is 17.2 Å². The van der Waals surface area contributed by atoms with Crippen molar-refractivity contribution in [3.63, 3.8) is 0 Å². The number of rotatable bonds is 5. The molecular formula is C24H19F4N7. The topological polar surface area (TPSA) is 86.9 Å². The van der Waals surface area contributed by atoms with Gasteiger partial charge in [0.25, 0.3) is 5.92 Å². The number of alkyl halides is 2. The predicted molar refractivity (Wildman–Crippen MR) is 122 cm³/mol. The van der Waals surface area contributed by atoms with E-state index in [0.29, 0.717) is 28.2 Å². The average Bonchev–Trinajstić information content (AvgIpc) is 3.35. The van der Waals surface area contributed by atoms with Gasteiger partial charge in [-0.15, -0.1) is 5.10 Å². The number of hydrogen-bond donors (Lipinski definition) is 1. The van der Waals surface area contributed by atoms with Crippen molar-refractivity contribution in [3.05, 3.63) is 83.8 Å². The Morgan fingerprint density at radius 1 is 0.971 bits per heavy atom. The van der Waals surface area contributed by atoms with Crippen LogP contribution >= 0.6 is 0 Å². The van der Waals surface area contributed by atoms with Gasteiger partial charge in [-0.25, -0.2) is 27.1 Å². The highest BCUT2D eigenvalue weighted by Crippen LogP contribution is 2.36. The maximum Gasteiger partial charge on any atom is 0.271 e. The molecule has 0 aliphatic rings. The minimum atomic E-state index is -3.20. The molecule has 11 heteroatoms. The Kier molecular flexibility index (Phi) is 5.27. The lowest BCUT2D eigenvalue weighted by molar-refractivity contribution is -0.0217. The van der Waals surface area contributed by atoms with Gasteiger partial charge in [-0.2, -0.15) is 10.1 Å². The molecule has 0 saturated carbocycles. The second kappa shape index (κ2) is 8.19. The number of pyridine rings is 2. The minimum absolute atomic E-state index is 0.0506. The van der Waals surface area contributed by atoms with Gasteiger partial charge in [0.1, 0.15) is 23.4 Å². The van der Waals surface area contributed by atoms with E-state index in [1.54, 1.807) is 25.3 Å². The van der Waals surface area contributed by atoms with Crippen LogP contribution in [-0.4, -0.2) is 35.3 Å². The number of aryl methyl sites for hydroxylation is 1. The molecule has 0 saturated heterocycles. The number of anilines is 1. The van der Waals surface area contributed by atoms with Crippen LogP contribution in [0.4, 0.5) is 23.5 Å². The van der Waals surface area contributed by atoms with Gasteiger partial charge in [0.2, 0.25) is 5.95 Å². The molecule has 0 aliphatic heterocycles. The van der Waals surface area contributed by atoms with E-state index < -0.39 is 23.6 Å². The van der Waals surface area contributed by atoms with Crippen LogP contribution in [0.3, 0.4) is 0 Å². The fourth-order valence-electron chi connectivity index (χ4n) is 4.03. The quantitative estimate of drug-likeness (QED) is 0.354. The number of nitrogen functional groups attached to an aromatic ring is 1. The Morgan fingerprint density at radius 2 is 1.71 bits per heavy atom. The molecule has 0 spiro atoms. The summed E-state index contributed by atoms with van der Waals surface area (Å²) < 4.78 is 60.0. The summed E-state index contributed by atoms with van der Waals surface area (Å²) in [6, 6.07) is 9.30. The monoisotopic (exact) mass is 481 g/mol. The van der Waals surface area contributed by atoms with Crippen molar-refractivity contribution in [2.24, 2.45) is 0 Å². The third-order valence-electron chi connectivity index (χ3n) is 5.60. The first kappa shape index (κ1) is 22.5. The van der Waals surface area contributed by atoms with Gasteiger partial charge >= 0.3 is 0 Å². The van der Waals surface area contributed by atoms with E-state index in [1.165, 1.54) is 35.0 Å². The highest BCUT2D eigenvalue weighted by molar-refractivity contribution is 5.69. The largest absolute Gasteiger partial charge is 0.366 e. The summed E-state index contributed by atoms with van der Waals surface area (Å²) in [5.41, 5.74) is 7.96. The maximum atomic E-state index is 14.7. The van der Waals surface area contributed by atoms with Crippen molar-refractivity contribution in [1.29, 1.82) is 0 Å². The SMILES string of the molecule is Cc1nn(C(c2ccc(F)cc2)C(C)(F)F)cc1-c1ccc(F)c(-c2ccn3nc(N)nc3c2)n1. The number of aromatic nitrogens is 6. The van der Waals surface area contributed by atoms with Gasteiger partial charge in [0, 0.05) is 30.4 Å². The lowest BCUT2D eigenvalue weighted by atomic mass is 10.0. The van der Waals surface area contributed by atoms with Crippen molar-refractivity contribution in [1.82, 2.24) is 29.4 Å². The first-order valence-corrected chi connectivity index (χ1v) is 10.6. The molecule has 2 N–H and O–H groups in total. The van der Waals surface area contributed by atoms with Gasteiger partial charge in [0.05, 0.1) is 11.4 Å². The van der Waals surface area contributed by atoms with E-state index in [4.69, 9.17) is 5.73 Å². The number of nitrogens with two attached hydrogens (primary N) is 1. The molecule has 1 unspecified atom stereocenters. The molecule has 0 bridgehead atoms. The Morgan fingerprint density at radius 3 is 2.43 bits per heavy atom. The molecule has 4 aromatic heterocycles. The van der Waals surface area contributed by atoms with Crippen LogP contribution in [-0.2, 0) is 0 Å². The molecular weight excluding hydrogens is 462 g/mol. The molecule has 0 radical (unpaired) electrons. The van der Waals surface area contributed by atoms with Crippen LogP contribution in [0.15, 0.2) is 60.9 Å². The number of benzene rings is 1. The third kappa shape index (κ3) is 4.20. The van der Waals surface area contributed by atoms with Gasteiger partial charge in [0.15, 0.2) is 5.65 Å². The standard InChI is InChI=1S/C24H19F4N7/c1-13-17(12-35(32-13)22(24(2,27)28)14-3-5-16(25)6-4-14)19-8-7-18(26)21(30-19)15-9-10-34-20(11-15)31-23(29)33-34/h3-12,22H,1-2H3,(H2,29,33). The predicted octanol–water partition coefficient (Wildman–Crippen LogP) is 5.07. The van der Waals surface area contributed by atoms with Gasteiger partial charge in [-0.05, 0) is 48.9 Å². The minimum Gasteiger partial charge on any atom is -0.366 e. The van der Waals surface area contributed by atoms with Crippen LogP contribution in [0.2, 0.25) is 0 Å². The molecule has 35 heavy (non-hydrogen) atoms. The highest BCUT2D eigenvalue weighted by Gasteiger charge is 2.38. The van der Waals surface area contributed by atoms with E-state index in [2.05, 4.69) is 20.2 Å². The number of halogens is 4. The fourth-order valence-corrected chi connectivity index (χ4v) is 4.03. The van der Waals surface area contributed by atoms with Crippen LogP contribution in [0.1, 0.15) is 24.2 Å². The molecule has 0 fully saturated rings. The molecule has 1 atom stereocenters. The third-order valence-corrected chi connectivity index (χ3v) is 5.60. The molecule has 0 amide bonds. The van der Waals surface area contributed by atoms with Gasteiger partial charge in [-0.3, -0.25) is 4.68 Å². The molecule has 4 heterocycles. The zero-order chi connectivity index (χ0) is 24.9. The van der Waals surface area contributed by atoms with Crippen molar-refractivity contribution in [2.75, 3.05) is 5.73 Å². The zero-order valence-corrected chi connectivity index (χ0v) is 18.6. The molecule has 5 rings (SSSR count). The van der Waals surface area contributed by atoms with Crippen LogP contribution in [0.25, 0.3) is 28.2 Å². The molecule has 0 aliphatic carbocycles. The number of fused-ring (bicyclic) bond motifs is 1. The van der Waals surface area contributed by atoms with Crippen LogP contribution in [0, 0.1) is 18.6 Å². The van der Waals surface area contributed by atoms with Crippen LogP contribution in [0.5, 0.6) is 0 Å². The van der Waals surface area contributed by atoms with Crippen molar-refractivity contribution < 1.29 is 17.6 Å². The number of hydrogen-bond acceptors (Lipinski definition) is 5. The normalized spacial score (nSPS) is 12.9. The summed E-state index contributed by atoms with van der Waals surface area (Å²) in [7, 11) is 0. The summed E-state index contributed by atoms with van der Waals surface area (Å²) >= 11 is 0. The van der Waals surface area contributed by atoms with Crippen LogP contribution < -0.4 is 5.73 Å². The lowest BCUT2D eigenvalue weighted by Gasteiger charge is -2.24. The van der Waals surface area contributed by atoms with E-state index >= 15 is 0 Å². The van der Waals surface area contributed by atoms with E-state index in [9.17, 15) is 17.6 Å².